The summed E-state index contributed by atoms with van der Waals surface area (Å²) in [6.07, 6.45) is 0. The molecule has 1 aromatic carbocycles. The van der Waals surface area contributed by atoms with Crippen molar-refractivity contribution in [2.75, 3.05) is 13.1 Å². The van der Waals surface area contributed by atoms with Gasteiger partial charge in [0.15, 0.2) is 0 Å². The van der Waals surface area contributed by atoms with Gasteiger partial charge in [-0.25, -0.2) is 4.39 Å². The molecule has 68 valence electrons. The standard InChI is InChI=1S/C7H6BrFS.CH5N/c8-6-1-3-7(4-2-6)10-5-9;1-2/h1-4H,5H2;2H2,1H3. The van der Waals surface area contributed by atoms with Crippen molar-refractivity contribution >= 4 is 27.7 Å². The number of hydrogen-bond donors (Lipinski definition) is 1. The van der Waals surface area contributed by atoms with E-state index in [1.165, 1.54) is 18.8 Å². The first kappa shape index (κ1) is 11.9. The maximum atomic E-state index is 11.7. The highest BCUT2D eigenvalue weighted by Crippen LogP contribution is 2.20. The Kier molecular flexibility index (Phi) is 7.54. The lowest BCUT2D eigenvalue weighted by Gasteiger charge is -1.94. The predicted molar refractivity (Wildman–Crippen MR) is 56.1 cm³/mol. The molecule has 0 unspecified atom stereocenters. The van der Waals surface area contributed by atoms with Crippen LogP contribution in [0.2, 0.25) is 0 Å². The summed E-state index contributed by atoms with van der Waals surface area (Å²) in [5.74, 6) is 0. The molecule has 0 aromatic heterocycles. The summed E-state index contributed by atoms with van der Waals surface area (Å²) < 4.78 is 12.8. The molecule has 0 amide bonds. The fourth-order valence-corrected chi connectivity index (χ4v) is 1.31. The van der Waals surface area contributed by atoms with Crippen LogP contribution >= 0.6 is 27.7 Å². The highest BCUT2D eigenvalue weighted by molar-refractivity contribution is 9.10. The van der Waals surface area contributed by atoms with Crippen LogP contribution in [0, 0.1) is 0 Å². The second-order valence-electron chi connectivity index (χ2n) is 1.71. The van der Waals surface area contributed by atoms with E-state index in [9.17, 15) is 4.39 Å². The molecule has 0 saturated heterocycles. The Morgan fingerprint density at radius 1 is 1.33 bits per heavy atom. The summed E-state index contributed by atoms with van der Waals surface area (Å²) >= 11 is 4.49. The summed E-state index contributed by atoms with van der Waals surface area (Å²) in [5.41, 5.74) is 4.50. The molecular weight excluding hydrogens is 241 g/mol. The average molecular weight is 252 g/mol. The van der Waals surface area contributed by atoms with Crippen LogP contribution in [0.5, 0.6) is 0 Å². The largest absolute Gasteiger partial charge is 0.333 e. The molecule has 0 spiro atoms. The van der Waals surface area contributed by atoms with E-state index in [0.29, 0.717) is 0 Å². The van der Waals surface area contributed by atoms with E-state index in [0.717, 1.165) is 9.37 Å². The van der Waals surface area contributed by atoms with Crippen LogP contribution in [0.1, 0.15) is 0 Å². The molecule has 0 radical (unpaired) electrons. The van der Waals surface area contributed by atoms with E-state index < -0.39 is 0 Å². The molecule has 0 aliphatic carbocycles. The van der Waals surface area contributed by atoms with Crippen LogP contribution in [-0.2, 0) is 0 Å². The third kappa shape index (κ3) is 4.74. The Hall–Kier alpha value is -0.0600. The fraction of sp³-hybridized carbons (Fsp3) is 0.250. The van der Waals surface area contributed by atoms with E-state index in [4.69, 9.17) is 0 Å². The van der Waals surface area contributed by atoms with Gasteiger partial charge in [-0.15, -0.1) is 0 Å². The predicted octanol–water partition coefficient (Wildman–Crippen LogP) is 3.04. The van der Waals surface area contributed by atoms with Gasteiger partial charge in [-0.1, -0.05) is 27.7 Å². The summed E-state index contributed by atoms with van der Waals surface area (Å²) in [5, 5.41) is 0. The zero-order chi connectivity index (χ0) is 9.40. The molecule has 0 aliphatic rings. The first-order valence-electron chi connectivity index (χ1n) is 3.35. The van der Waals surface area contributed by atoms with Crippen molar-refractivity contribution in [3.8, 4) is 0 Å². The zero-order valence-electron chi connectivity index (χ0n) is 6.76. The molecule has 0 heterocycles. The second-order valence-corrected chi connectivity index (χ2v) is 3.60. The van der Waals surface area contributed by atoms with Gasteiger partial charge in [-0.2, -0.15) is 0 Å². The van der Waals surface area contributed by atoms with Crippen LogP contribution in [0.4, 0.5) is 4.39 Å². The molecule has 1 nitrogen and oxygen atoms in total. The zero-order valence-corrected chi connectivity index (χ0v) is 9.16. The van der Waals surface area contributed by atoms with Crippen LogP contribution in [-0.4, -0.2) is 13.1 Å². The Morgan fingerprint density at radius 3 is 2.25 bits per heavy atom. The van der Waals surface area contributed by atoms with Crippen LogP contribution < -0.4 is 5.73 Å². The fourth-order valence-electron chi connectivity index (χ4n) is 0.594. The number of nitrogens with two attached hydrogens (primary N) is 1. The van der Waals surface area contributed by atoms with E-state index >= 15 is 0 Å². The smallest absolute Gasteiger partial charge is 0.139 e. The van der Waals surface area contributed by atoms with Crippen LogP contribution in [0.25, 0.3) is 0 Å². The number of alkyl halides is 1. The quantitative estimate of drug-likeness (QED) is 0.818. The van der Waals surface area contributed by atoms with E-state index in [-0.39, 0.29) is 6.01 Å². The molecule has 1 rings (SSSR count). The van der Waals surface area contributed by atoms with Crippen molar-refractivity contribution in [2.24, 2.45) is 5.73 Å². The maximum absolute atomic E-state index is 11.7. The van der Waals surface area contributed by atoms with Gasteiger partial charge in [0, 0.05) is 9.37 Å². The van der Waals surface area contributed by atoms with Gasteiger partial charge in [0.25, 0.3) is 0 Å². The van der Waals surface area contributed by atoms with Gasteiger partial charge < -0.3 is 5.73 Å². The molecule has 1 aromatic rings. The topological polar surface area (TPSA) is 26.0 Å². The molecule has 12 heavy (non-hydrogen) atoms. The lowest BCUT2D eigenvalue weighted by atomic mass is 10.4. The third-order valence-corrected chi connectivity index (χ3v) is 2.28. The monoisotopic (exact) mass is 251 g/mol. The molecule has 0 fully saturated rings. The number of benzene rings is 1. The highest BCUT2D eigenvalue weighted by Gasteiger charge is 1.90. The Labute approximate surface area is 84.7 Å². The number of hydrogen-bond acceptors (Lipinski definition) is 2. The van der Waals surface area contributed by atoms with Gasteiger partial charge in [0.05, 0.1) is 0 Å². The lowest BCUT2D eigenvalue weighted by Crippen LogP contribution is -1.69. The maximum Gasteiger partial charge on any atom is 0.139 e. The number of rotatable bonds is 2. The summed E-state index contributed by atoms with van der Waals surface area (Å²) in [6.45, 7) is 0. The normalized spacial score (nSPS) is 8.67. The molecular formula is C8H11BrFNS. The van der Waals surface area contributed by atoms with E-state index in [2.05, 4.69) is 21.7 Å². The highest BCUT2D eigenvalue weighted by atomic mass is 79.9. The minimum Gasteiger partial charge on any atom is -0.333 e. The minimum absolute atomic E-state index is 0.359. The van der Waals surface area contributed by atoms with Crippen molar-refractivity contribution in [3.05, 3.63) is 28.7 Å². The molecule has 2 N–H and O–H groups in total. The van der Waals surface area contributed by atoms with Gasteiger partial charge >= 0.3 is 0 Å². The van der Waals surface area contributed by atoms with Crippen molar-refractivity contribution < 1.29 is 4.39 Å². The van der Waals surface area contributed by atoms with Gasteiger partial charge in [-0.05, 0) is 31.3 Å². The van der Waals surface area contributed by atoms with Gasteiger partial charge in [0.2, 0.25) is 0 Å². The van der Waals surface area contributed by atoms with Crippen molar-refractivity contribution in [1.29, 1.82) is 0 Å². The summed E-state index contributed by atoms with van der Waals surface area (Å²) in [7, 11) is 1.50. The first-order valence-corrected chi connectivity index (χ1v) is 5.13. The number of halogens is 2. The summed E-state index contributed by atoms with van der Waals surface area (Å²) in [6, 6.07) is 7.21. The second kappa shape index (κ2) is 7.58. The Bertz CT molecular complexity index is 203. The molecule has 0 aliphatic heterocycles. The van der Waals surface area contributed by atoms with E-state index in [1.807, 2.05) is 24.3 Å². The van der Waals surface area contributed by atoms with Crippen molar-refractivity contribution in [2.45, 2.75) is 4.90 Å². The Morgan fingerprint density at radius 2 is 1.83 bits per heavy atom. The molecule has 0 atom stereocenters. The molecule has 4 heteroatoms. The SMILES string of the molecule is CN.FCSc1ccc(Br)cc1. The van der Waals surface area contributed by atoms with Crippen molar-refractivity contribution in [3.63, 3.8) is 0 Å². The van der Waals surface area contributed by atoms with Crippen LogP contribution in [0.3, 0.4) is 0 Å². The minimum atomic E-state index is -0.359. The molecule has 0 saturated carbocycles. The lowest BCUT2D eigenvalue weighted by molar-refractivity contribution is 0.605. The third-order valence-electron chi connectivity index (χ3n) is 1.03. The van der Waals surface area contributed by atoms with E-state index in [1.54, 1.807) is 0 Å². The van der Waals surface area contributed by atoms with Gasteiger partial charge in [-0.3, -0.25) is 0 Å². The molecule has 0 bridgehead atoms. The van der Waals surface area contributed by atoms with Crippen LogP contribution in [0.15, 0.2) is 33.6 Å². The Balaban J connectivity index is 0.000000561. The summed E-state index contributed by atoms with van der Waals surface area (Å²) in [4.78, 5) is 0.964. The van der Waals surface area contributed by atoms with Crippen molar-refractivity contribution in [1.82, 2.24) is 0 Å². The average Bonchev–Trinajstić information content (AvgIpc) is 2.13. The van der Waals surface area contributed by atoms with Gasteiger partial charge in [0.1, 0.15) is 6.01 Å². The first-order chi connectivity index (χ1) is 5.83. The number of thioether (sulfide) groups is 1.